The van der Waals surface area contributed by atoms with Crippen LogP contribution >= 0.6 is 46.1 Å². The quantitative estimate of drug-likeness (QED) is 0.507. The molecule has 0 aliphatic rings. The minimum Gasteiger partial charge on any atom is -0.286 e. The van der Waals surface area contributed by atoms with Gasteiger partial charge in [-0.1, -0.05) is 34.8 Å². The summed E-state index contributed by atoms with van der Waals surface area (Å²) in [5.74, 6) is -0.356. The summed E-state index contributed by atoms with van der Waals surface area (Å²) in [5, 5.41) is 1.92. The maximum atomic E-state index is 11.4. The summed E-state index contributed by atoms with van der Waals surface area (Å²) in [5.41, 5.74) is 5.80. The van der Waals surface area contributed by atoms with Crippen molar-refractivity contribution in [2.45, 2.75) is 6.92 Å². The van der Waals surface area contributed by atoms with Gasteiger partial charge in [-0.3, -0.25) is 15.6 Å². The summed E-state index contributed by atoms with van der Waals surface area (Å²) in [6.45, 7) is 1.97. The maximum Gasteiger partial charge on any atom is 0.262 e. The predicted octanol–water partition coefficient (Wildman–Crippen LogP) is 3.53. The van der Waals surface area contributed by atoms with Gasteiger partial charge in [0.25, 0.3) is 5.91 Å². The van der Waals surface area contributed by atoms with Crippen molar-refractivity contribution in [1.82, 2.24) is 10.9 Å². The molecule has 17 heavy (non-hydrogen) atoms. The number of carbonyl (C=O) groups excluding carboxylic acids is 1. The number of halogens is 3. The lowest BCUT2D eigenvalue weighted by Gasteiger charge is -2.04. The Morgan fingerprint density at radius 3 is 2.59 bits per heavy atom. The Bertz CT molecular complexity index is 464. The van der Waals surface area contributed by atoms with Crippen molar-refractivity contribution < 1.29 is 4.79 Å². The fourth-order valence-electron chi connectivity index (χ4n) is 0.912. The van der Waals surface area contributed by atoms with Gasteiger partial charge in [-0.15, -0.1) is 11.3 Å². The van der Waals surface area contributed by atoms with E-state index in [1.54, 1.807) is 17.4 Å². The standard InChI is InChI=1S/C10H9Cl3N2OS/c1-6-4-5-17-7(6)2-3-8(16)14-15-10(13)9(11)12/h2-5,15H,1H3,(H,14,16)/b3-2+. The number of thiophene rings is 1. The number of aryl methyl sites for hydroxylation is 1. The van der Waals surface area contributed by atoms with Crippen LogP contribution in [0.4, 0.5) is 0 Å². The zero-order chi connectivity index (χ0) is 12.8. The molecule has 0 saturated carbocycles. The Labute approximate surface area is 118 Å². The minimum atomic E-state index is -0.356. The monoisotopic (exact) mass is 310 g/mol. The van der Waals surface area contributed by atoms with Crippen molar-refractivity contribution in [3.63, 3.8) is 0 Å². The molecule has 0 atom stereocenters. The normalized spacial score (nSPS) is 10.4. The van der Waals surface area contributed by atoms with E-state index in [4.69, 9.17) is 34.8 Å². The molecule has 1 aromatic heterocycles. The molecule has 0 unspecified atom stereocenters. The van der Waals surface area contributed by atoms with Gasteiger partial charge in [0.1, 0.15) is 4.49 Å². The average molecular weight is 312 g/mol. The van der Waals surface area contributed by atoms with E-state index < -0.39 is 0 Å². The van der Waals surface area contributed by atoms with Crippen LogP contribution in [0.1, 0.15) is 10.4 Å². The fourth-order valence-corrected chi connectivity index (χ4v) is 1.87. The Hall–Kier alpha value is -0.680. The number of hydrogen-bond acceptors (Lipinski definition) is 3. The second kappa shape index (κ2) is 6.91. The highest BCUT2D eigenvalue weighted by molar-refractivity contribution is 7.11. The lowest BCUT2D eigenvalue weighted by Crippen LogP contribution is -2.34. The van der Waals surface area contributed by atoms with Crippen LogP contribution in [-0.4, -0.2) is 5.91 Å². The second-order valence-corrected chi connectivity index (χ2v) is 5.26. The van der Waals surface area contributed by atoms with E-state index >= 15 is 0 Å². The number of hydrogen-bond donors (Lipinski definition) is 2. The maximum absolute atomic E-state index is 11.4. The summed E-state index contributed by atoms with van der Waals surface area (Å²) in [7, 11) is 0. The van der Waals surface area contributed by atoms with Gasteiger partial charge in [0.05, 0.1) is 0 Å². The lowest BCUT2D eigenvalue weighted by molar-refractivity contribution is -0.117. The van der Waals surface area contributed by atoms with Crippen molar-refractivity contribution in [3.8, 4) is 0 Å². The molecule has 0 spiro atoms. The molecule has 0 fully saturated rings. The molecular weight excluding hydrogens is 303 g/mol. The van der Waals surface area contributed by atoms with Gasteiger partial charge < -0.3 is 0 Å². The first kappa shape index (κ1) is 14.4. The van der Waals surface area contributed by atoms with Crippen LogP contribution in [0.2, 0.25) is 0 Å². The van der Waals surface area contributed by atoms with E-state index in [2.05, 4.69) is 10.9 Å². The highest BCUT2D eigenvalue weighted by Gasteiger charge is 2.00. The smallest absolute Gasteiger partial charge is 0.262 e. The van der Waals surface area contributed by atoms with E-state index in [0.29, 0.717) is 0 Å². The van der Waals surface area contributed by atoms with Gasteiger partial charge >= 0.3 is 0 Å². The zero-order valence-corrected chi connectivity index (χ0v) is 11.8. The first-order chi connectivity index (χ1) is 8.00. The van der Waals surface area contributed by atoms with Crippen LogP contribution in [0.3, 0.4) is 0 Å². The van der Waals surface area contributed by atoms with Crippen molar-refractivity contribution >= 4 is 58.1 Å². The van der Waals surface area contributed by atoms with Gasteiger partial charge in [-0.25, -0.2) is 0 Å². The molecule has 0 aromatic carbocycles. The second-order valence-electron chi connectivity index (χ2n) is 2.99. The number of carbonyl (C=O) groups is 1. The molecule has 1 heterocycles. The summed E-state index contributed by atoms with van der Waals surface area (Å²) in [6, 6.07) is 1.98. The number of rotatable bonds is 4. The SMILES string of the molecule is Cc1ccsc1/C=C/C(=O)NNC(Cl)=C(Cl)Cl. The van der Waals surface area contributed by atoms with Gasteiger partial charge in [0.15, 0.2) is 5.16 Å². The van der Waals surface area contributed by atoms with Crippen molar-refractivity contribution in [3.05, 3.63) is 37.6 Å². The molecule has 0 aliphatic heterocycles. The van der Waals surface area contributed by atoms with Crippen molar-refractivity contribution in [2.24, 2.45) is 0 Å². The van der Waals surface area contributed by atoms with Crippen molar-refractivity contribution in [2.75, 3.05) is 0 Å². The molecule has 7 heteroatoms. The molecule has 92 valence electrons. The Kier molecular flexibility index (Phi) is 5.85. The van der Waals surface area contributed by atoms with Crippen LogP contribution in [-0.2, 0) is 4.79 Å². The third kappa shape index (κ3) is 5.00. The highest BCUT2D eigenvalue weighted by Crippen LogP contribution is 2.17. The molecule has 2 N–H and O–H groups in total. The van der Waals surface area contributed by atoms with Crippen LogP contribution in [0.15, 0.2) is 27.2 Å². The van der Waals surface area contributed by atoms with Crippen LogP contribution < -0.4 is 10.9 Å². The van der Waals surface area contributed by atoms with Crippen molar-refractivity contribution in [1.29, 1.82) is 0 Å². The van der Waals surface area contributed by atoms with Crippen LogP contribution in [0.25, 0.3) is 6.08 Å². The third-order valence-electron chi connectivity index (χ3n) is 1.75. The van der Waals surface area contributed by atoms with E-state index in [9.17, 15) is 4.79 Å². The molecule has 1 rings (SSSR count). The molecule has 0 radical (unpaired) electrons. The first-order valence-corrected chi connectivity index (χ1v) is 6.51. The van der Waals surface area contributed by atoms with Gasteiger partial charge in [0, 0.05) is 11.0 Å². The number of hydrazine groups is 1. The van der Waals surface area contributed by atoms with Gasteiger partial charge in [0.2, 0.25) is 0 Å². The third-order valence-corrected chi connectivity index (χ3v) is 3.59. The Morgan fingerprint density at radius 1 is 1.35 bits per heavy atom. The highest BCUT2D eigenvalue weighted by atomic mass is 35.5. The number of amides is 1. The molecule has 1 amide bonds. The molecule has 0 bridgehead atoms. The minimum absolute atomic E-state index is 0.0395. The lowest BCUT2D eigenvalue weighted by atomic mass is 10.3. The topological polar surface area (TPSA) is 41.1 Å². The first-order valence-electron chi connectivity index (χ1n) is 4.49. The predicted molar refractivity (Wildman–Crippen MR) is 74.0 cm³/mol. The Morgan fingerprint density at radius 2 is 2.06 bits per heavy atom. The summed E-state index contributed by atoms with van der Waals surface area (Å²) < 4.78 is -0.148. The van der Waals surface area contributed by atoms with Gasteiger partial charge in [-0.2, -0.15) is 0 Å². The summed E-state index contributed by atoms with van der Waals surface area (Å²) >= 11 is 17.9. The van der Waals surface area contributed by atoms with E-state index in [-0.39, 0.29) is 15.6 Å². The van der Waals surface area contributed by atoms with Gasteiger partial charge in [-0.05, 0) is 30.0 Å². The molecular formula is C10H9Cl3N2OS. The number of nitrogens with one attached hydrogen (secondary N) is 2. The molecule has 0 saturated heterocycles. The van der Waals surface area contributed by atoms with E-state index in [1.165, 1.54) is 6.08 Å². The zero-order valence-electron chi connectivity index (χ0n) is 8.76. The summed E-state index contributed by atoms with van der Waals surface area (Å²) in [6.07, 6.45) is 3.11. The molecule has 3 nitrogen and oxygen atoms in total. The van der Waals surface area contributed by atoms with E-state index in [1.807, 2.05) is 18.4 Å². The summed E-state index contributed by atoms with van der Waals surface area (Å²) in [4.78, 5) is 12.4. The Balaban J connectivity index is 2.49. The molecule has 1 aromatic rings. The average Bonchev–Trinajstić information content (AvgIpc) is 2.68. The fraction of sp³-hybridized carbons (Fsp3) is 0.100. The van der Waals surface area contributed by atoms with E-state index in [0.717, 1.165) is 10.4 Å². The molecule has 0 aliphatic carbocycles. The van der Waals surface area contributed by atoms with Crippen LogP contribution in [0, 0.1) is 6.92 Å². The largest absolute Gasteiger partial charge is 0.286 e. The van der Waals surface area contributed by atoms with Crippen LogP contribution in [0.5, 0.6) is 0 Å².